The van der Waals surface area contributed by atoms with Crippen LogP contribution in [0.4, 0.5) is 0 Å². The van der Waals surface area contributed by atoms with Crippen LogP contribution in [0.15, 0.2) is 0 Å². The molecule has 0 aliphatic heterocycles. The average Bonchev–Trinajstić information content (AvgIpc) is 2.52. The number of aliphatic hydroxyl groups excluding tert-OH is 2. The summed E-state index contributed by atoms with van der Waals surface area (Å²) in [4.78, 5) is 0. The van der Waals surface area contributed by atoms with Gasteiger partial charge in [0, 0.05) is 26.4 Å². The molecule has 0 heterocycles. The van der Waals surface area contributed by atoms with Crippen molar-refractivity contribution in [3.05, 3.63) is 0 Å². The first-order chi connectivity index (χ1) is 11.2. The first kappa shape index (κ1) is 22.9. The second-order valence-corrected chi connectivity index (χ2v) is 7.30. The molecule has 0 aliphatic carbocycles. The molecule has 0 spiro atoms. The highest BCUT2D eigenvalue weighted by Crippen LogP contribution is 2.14. The maximum absolute atomic E-state index is 8.96. The van der Waals surface area contributed by atoms with Crippen LogP contribution in [0.1, 0.15) is 90.9 Å². The van der Waals surface area contributed by atoms with Crippen LogP contribution in [0.2, 0.25) is 0 Å². The maximum atomic E-state index is 8.96. The van der Waals surface area contributed by atoms with E-state index in [0.717, 1.165) is 44.8 Å². The summed E-state index contributed by atoms with van der Waals surface area (Å²) in [5.74, 6) is 1.26. The number of hydrogen-bond acceptors (Lipinski definition) is 3. The first-order valence-electron chi connectivity index (χ1n) is 10.00. The predicted molar refractivity (Wildman–Crippen MR) is 98.7 cm³/mol. The molecule has 23 heavy (non-hydrogen) atoms. The van der Waals surface area contributed by atoms with Crippen LogP contribution in [0.3, 0.4) is 0 Å². The summed E-state index contributed by atoms with van der Waals surface area (Å²) >= 11 is 0. The van der Waals surface area contributed by atoms with E-state index in [9.17, 15) is 0 Å². The largest absolute Gasteiger partial charge is 0.396 e. The quantitative estimate of drug-likeness (QED) is 0.350. The molecule has 0 aromatic carbocycles. The molecule has 0 bridgehead atoms. The Kier molecular flexibility index (Phi) is 18.1. The second-order valence-electron chi connectivity index (χ2n) is 7.30. The molecule has 0 unspecified atom stereocenters. The van der Waals surface area contributed by atoms with E-state index < -0.39 is 0 Å². The fourth-order valence-corrected chi connectivity index (χ4v) is 2.97. The normalized spacial score (nSPS) is 11.7. The third-order valence-electron chi connectivity index (χ3n) is 4.57. The lowest BCUT2D eigenvalue weighted by Gasteiger charge is -2.14. The molecule has 0 fully saturated rings. The molecule has 0 rings (SSSR count). The van der Waals surface area contributed by atoms with E-state index in [1.165, 1.54) is 51.4 Å². The minimum atomic E-state index is 0.210. The molecule has 0 saturated carbocycles. The third kappa shape index (κ3) is 18.1. The van der Waals surface area contributed by atoms with Gasteiger partial charge in [0.15, 0.2) is 0 Å². The minimum absolute atomic E-state index is 0.210. The van der Waals surface area contributed by atoms with Crippen LogP contribution in [0.5, 0.6) is 0 Å². The van der Waals surface area contributed by atoms with Gasteiger partial charge in [-0.15, -0.1) is 0 Å². The van der Waals surface area contributed by atoms with Crippen molar-refractivity contribution in [2.45, 2.75) is 90.9 Å². The van der Waals surface area contributed by atoms with Crippen molar-refractivity contribution in [3.8, 4) is 0 Å². The van der Waals surface area contributed by atoms with Crippen molar-refractivity contribution < 1.29 is 14.9 Å². The van der Waals surface area contributed by atoms with Crippen LogP contribution in [0, 0.1) is 11.8 Å². The van der Waals surface area contributed by atoms with Gasteiger partial charge < -0.3 is 14.9 Å². The zero-order chi connectivity index (χ0) is 17.2. The van der Waals surface area contributed by atoms with E-state index >= 15 is 0 Å². The fraction of sp³-hybridized carbons (Fsp3) is 1.00. The number of hydrogen-bond donors (Lipinski definition) is 2. The Bertz CT molecular complexity index is 213. The lowest BCUT2D eigenvalue weighted by molar-refractivity contribution is 0.105. The summed E-state index contributed by atoms with van der Waals surface area (Å²) in [6.07, 6.45) is 14.7. The number of aliphatic hydroxyl groups is 2. The van der Waals surface area contributed by atoms with Gasteiger partial charge in [-0.2, -0.15) is 0 Å². The lowest BCUT2D eigenvalue weighted by Crippen LogP contribution is -2.09. The Labute approximate surface area is 144 Å². The molecule has 2 N–H and O–H groups in total. The molecule has 0 aliphatic rings. The smallest absolute Gasteiger partial charge is 0.0468 e. The van der Waals surface area contributed by atoms with Gasteiger partial charge in [-0.1, -0.05) is 65.2 Å². The molecule has 0 atom stereocenters. The summed E-state index contributed by atoms with van der Waals surface area (Å²) in [6, 6.07) is 0. The van der Waals surface area contributed by atoms with Gasteiger partial charge in [0.05, 0.1) is 0 Å². The van der Waals surface area contributed by atoms with Crippen LogP contribution in [-0.2, 0) is 4.74 Å². The zero-order valence-electron chi connectivity index (χ0n) is 15.8. The van der Waals surface area contributed by atoms with Gasteiger partial charge in [-0.25, -0.2) is 0 Å². The summed E-state index contributed by atoms with van der Waals surface area (Å²) < 4.78 is 5.68. The number of rotatable bonds is 18. The van der Waals surface area contributed by atoms with Gasteiger partial charge in [0.25, 0.3) is 0 Å². The fourth-order valence-electron chi connectivity index (χ4n) is 2.97. The number of ether oxygens (including phenoxy) is 1. The summed E-state index contributed by atoms with van der Waals surface area (Å²) in [5, 5.41) is 17.9. The molecule has 0 aromatic rings. The molecule has 0 saturated heterocycles. The van der Waals surface area contributed by atoms with Crippen LogP contribution in [-0.4, -0.2) is 36.6 Å². The molecule has 0 aromatic heterocycles. The minimum Gasteiger partial charge on any atom is -0.396 e. The second kappa shape index (κ2) is 18.2. The van der Waals surface area contributed by atoms with Gasteiger partial charge in [0.1, 0.15) is 0 Å². The van der Waals surface area contributed by atoms with Crippen molar-refractivity contribution >= 4 is 0 Å². The molecular formula is C20H42O3. The molecule has 0 amide bonds. The van der Waals surface area contributed by atoms with Crippen LogP contribution < -0.4 is 0 Å². The van der Waals surface area contributed by atoms with E-state index in [1.54, 1.807) is 0 Å². The predicted octanol–water partition coefficient (Wildman–Crippen LogP) is 4.94. The van der Waals surface area contributed by atoms with Crippen molar-refractivity contribution in [2.75, 3.05) is 26.4 Å². The van der Waals surface area contributed by atoms with E-state index in [0.29, 0.717) is 5.92 Å². The molecular weight excluding hydrogens is 288 g/mol. The Hall–Kier alpha value is -0.120. The third-order valence-corrected chi connectivity index (χ3v) is 4.57. The average molecular weight is 331 g/mol. The standard InChI is InChI=1S/C20H42O3/c1-19(2)11-9-7-5-3-4-6-8-10-17-23-18-14-20(12-15-21)13-16-22/h19-22H,3-18H2,1-2H3. The zero-order valence-corrected chi connectivity index (χ0v) is 15.8. The molecule has 3 heteroatoms. The Morgan fingerprint density at radius 1 is 0.609 bits per heavy atom. The SMILES string of the molecule is CC(C)CCCCCCCCCCOCCC(CCO)CCO. The lowest BCUT2D eigenvalue weighted by atomic mass is 9.99. The highest BCUT2D eigenvalue weighted by molar-refractivity contribution is 4.58. The molecule has 140 valence electrons. The van der Waals surface area contributed by atoms with E-state index in [2.05, 4.69) is 13.8 Å². The number of unbranched alkanes of at least 4 members (excludes halogenated alkanes) is 7. The van der Waals surface area contributed by atoms with Gasteiger partial charge in [0.2, 0.25) is 0 Å². The van der Waals surface area contributed by atoms with Crippen molar-refractivity contribution in [3.63, 3.8) is 0 Å². The first-order valence-corrected chi connectivity index (χ1v) is 10.00. The summed E-state index contributed by atoms with van der Waals surface area (Å²) in [5.41, 5.74) is 0. The van der Waals surface area contributed by atoms with Crippen molar-refractivity contribution in [2.24, 2.45) is 11.8 Å². The van der Waals surface area contributed by atoms with E-state index in [-0.39, 0.29) is 13.2 Å². The molecule has 0 radical (unpaired) electrons. The van der Waals surface area contributed by atoms with E-state index in [1.807, 2.05) is 0 Å². The monoisotopic (exact) mass is 330 g/mol. The van der Waals surface area contributed by atoms with Gasteiger partial charge >= 0.3 is 0 Å². The van der Waals surface area contributed by atoms with Crippen molar-refractivity contribution in [1.29, 1.82) is 0 Å². The Morgan fingerprint density at radius 2 is 1.13 bits per heavy atom. The van der Waals surface area contributed by atoms with Crippen molar-refractivity contribution in [1.82, 2.24) is 0 Å². The van der Waals surface area contributed by atoms with Gasteiger partial charge in [-0.3, -0.25) is 0 Å². The van der Waals surface area contributed by atoms with E-state index in [4.69, 9.17) is 14.9 Å². The van der Waals surface area contributed by atoms with Gasteiger partial charge in [-0.05, 0) is 37.5 Å². The maximum Gasteiger partial charge on any atom is 0.0468 e. The summed E-state index contributed by atoms with van der Waals surface area (Å²) in [6.45, 7) is 6.66. The van der Waals surface area contributed by atoms with Crippen LogP contribution >= 0.6 is 0 Å². The Balaban J connectivity index is 3.18. The summed E-state index contributed by atoms with van der Waals surface area (Å²) in [7, 11) is 0. The Morgan fingerprint density at radius 3 is 1.65 bits per heavy atom. The highest BCUT2D eigenvalue weighted by Gasteiger charge is 2.07. The molecule has 3 nitrogen and oxygen atoms in total. The highest BCUT2D eigenvalue weighted by atomic mass is 16.5. The van der Waals surface area contributed by atoms with Crippen LogP contribution in [0.25, 0.3) is 0 Å². The topological polar surface area (TPSA) is 49.7 Å².